The first-order valence-corrected chi connectivity index (χ1v) is 7.47. The van der Waals surface area contributed by atoms with Crippen molar-refractivity contribution in [3.8, 4) is 0 Å². The predicted molar refractivity (Wildman–Crippen MR) is 77.5 cm³/mol. The molecule has 0 atom stereocenters. The largest absolute Gasteiger partial charge is 0.339 e. The van der Waals surface area contributed by atoms with Gasteiger partial charge in [0.15, 0.2) is 0 Å². The topological polar surface area (TPSA) is 33.2 Å². The number of halogens is 1. The summed E-state index contributed by atoms with van der Waals surface area (Å²) < 4.78 is 0. The van der Waals surface area contributed by atoms with Crippen LogP contribution in [0.1, 0.15) is 49.2 Å². The van der Waals surface area contributed by atoms with Crippen molar-refractivity contribution in [2.24, 2.45) is 5.92 Å². The first-order chi connectivity index (χ1) is 9.13. The molecule has 1 aromatic rings. The third-order valence-corrected chi connectivity index (χ3v) is 4.02. The number of amides is 1. The van der Waals surface area contributed by atoms with Gasteiger partial charge in [-0.05, 0) is 44.2 Å². The van der Waals surface area contributed by atoms with Crippen LogP contribution in [0.4, 0.5) is 0 Å². The molecule has 1 aromatic heterocycles. The van der Waals surface area contributed by atoms with Crippen molar-refractivity contribution in [1.29, 1.82) is 0 Å². The average Bonchev–Trinajstić information content (AvgIpc) is 2.36. The second-order valence-electron chi connectivity index (χ2n) is 5.16. The molecule has 0 N–H and O–H groups in total. The number of carbonyl (C=O) groups is 1. The minimum atomic E-state index is 0.0772. The van der Waals surface area contributed by atoms with Crippen molar-refractivity contribution in [2.45, 2.75) is 39.5 Å². The highest BCUT2D eigenvalue weighted by atomic mass is 35.5. The summed E-state index contributed by atoms with van der Waals surface area (Å²) in [6, 6.07) is 3.53. The number of rotatable bonds is 5. The summed E-state index contributed by atoms with van der Waals surface area (Å²) in [4.78, 5) is 18.6. The molecule has 0 spiro atoms. The molecular weight excluding hydrogens is 260 g/mol. The molecule has 104 valence electrons. The summed E-state index contributed by atoms with van der Waals surface area (Å²) in [5.41, 5.74) is 1.54. The lowest BCUT2D eigenvalue weighted by atomic mass is 9.85. The summed E-state index contributed by atoms with van der Waals surface area (Å²) in [6.07, 6.45) is 4.59. The Morgan fingerprint density at radius 3 is 2.68 bits per heavy atom. The van der Waals surface area contributed by atoms with E-state index in [0.717, 1.165) is 25.2 Å². The van der Waals surface area contributed by atoms with E-state index >= 15 is 0 Å². The van der Waals surface area contributed by atoms with E-state index in [4.69, 9.17) is 11.6 Å². The van der Waals surface area contributed by atoms with Crippen molar-refractivity contribution in [1.82, 2.24) is 9.88 Å². The summed E-state index contributed by atoms with van der Waals surface area (Å²) in [5.74, 6) is 0.764. The number of hydrogen-bond donors (Lipinski definition) is 0. The van der Waals surface area contributed by atoms with Crippen molar-refractivity contribution in [3.05, 3.63) is 28.5 Å². The molecule has 2 rings (SSSR count). The van der Waals surface area contributed by atoms with Crippen molar-refractivity contribution in [3.63, 3.8) is 0 Å². The van der Waals surface area contributed by atoms with Crippen LogP contribution in [0.15, 0.2) is 12.1 Å². The Hall–Kier alpha value is -1.09. The van der Waals surface area contributed by atoms with E-state index in [1.807, 2.05) is 24.8 Å². The number of aromatic nitrogens is 1. The lowest BCUT2D eigenvalue weighted by Crippen LogP contribution is -2.37. The van der Waals surface area contributed by atoms with E-state index in [2.05, 4.69) is 4.98 Å². The number of aryl methyl sites for hydroxylation is 1. The molecule has 0 aromatic carbocycles. The Kier molecular flexibility index (Phi) is 4.81. The fourth-order valence-corrected chi connectivity index (χ4v) is 2.61. The predicted octanol–water partition coefficient (Wildman–Crippen LogP) is 3.56. The van der Waals surface area contributed by atoms with Crippen LogP contribution in [-0.4, -0.2) is 28.9 Å². The smallest absolute Gasteiger partial charge is 0.254 e. The Morgan fingerprint density at radius 1 is 1.42 bits per heavy atom. The van der Waals surface area contributed by atoms with E-state index in [0.29, 0.717) is 16.6 Å². The molecule has 4 heteroatoms. The summed E-state index contributed by atoms with van der Waals surface area (Å²) >= 11 is 5.98. The highest BCUT2D eigenvalue weighted by molar-refractivity contribution is 6.29. The van der Waals surface area contributed by atoms with Crippen LogP contribution in [-0.2, 0) is 6.42 Å². The second-order valence-corrected chi connectivity index (χ2v) is 5.55. The van der Waals surface area contributed by atoms with Gasteiger partial charge in [0.25, 0.3) is 5.91 Å². The third-order valence-electron chi connectivity index (χ3n) is 3.83. The van der Waals surface area contributed by atoms with Gasteiger partial charge in [-0.2, -0.15) is 0 Å². The molecule has 1 heterocycles. The normalized spacial score (nSPS) is 15.1. The maximum Gasteiger partial charge on any atom is 0.254 e. The number of hydrogen-bond acceptors (Lipinski definition) is 2. The maximum atomic E-state index is 12.5. The molecule has 0 unspecified atom stereocenters. The number of carbonyl (C=O) groups excluding carboxylic acids is 1. The Balaban J connectivity index is 2.13. The van der Waals surface area contributed by atoms with E-state index in [1.54, 1.807) is 6.07 Å². The highest BCUT2D eigenvalue weighted by Gasteiger charge is 2.23. The van der Waals surface area contributed by atoms with Crippen LogP contribution >= 0.6 is 11.6 Å². The van der Waals surface area contributed by atoms with Gasteiger partial charge >= 0.3 is 0 Å². The summed E-state index contributed by atoms with van der Waals surface area (Å²) in [5, 5.41) is 0.405. The first-order valence-electron chi connectivity index (χ1n) is 7.09. The van der Waals surface area contributed by atoms with Crippen LogP contribution in [0.5, 0.6) is 0 Å². The monoisotopic (exact) mass is 280 g/mol. The molecule has 1 fully saturated rings. The molecule has 1 amide bonds. The fraction of sp³-hybridized carbons (Fsp3) is 0.600. The lowest BCUT2D eigenvalue weighted by molar-refractivity contribution is 0.0706. The first kappa shape index (κ1) is 14.3. The standard InChI is InChI=1S/C15H21ClN2O/c1-3-13-8-12(9-14(16)17-13)15(19)18(4-2)10-11-6-5-7-11/h8-9,11H,3-7,10H2,1-2H3. The highest BCUT2D eigenvalue weighted by Crippen LogP contribution is 2.27. The van der Waals surface area contributed by atoms with Gasteiger partial charge in [0.1, 0.15) is 5.15 Å². The van der Waals surface area contributed by atoms with Gasteiger partial charge in [0, 0.05) is 24.3 Å². The van der Waals surface area contributed by atoms with Crippen LogP contribution in [0.3, 0.4) is 0 Å². The molecule has 0 radical (unpaired) electrons. The minimum absolute atomic E-state index is 0.0772. The van der Waals surface area contributed by atoms with E-state index in [9.17, 15) is 4.79 Å². The van der Waals surface area contributed by atoms with Crippen LogP contribution in [0.25, 0.3) is 0 Å². The molecule has 0 aliphatic heterocycles. The van der Waals surface area contributed by atoms with Crippen molar-refractivity contribution < 1.29 is 4.79 Å². The molecule has 0 bridgehead atoms. The zero-order chi connectivity index (χ0) is 13.8. The minimum Gasteiger partial charge on any atom is -0.339 e. The molecule has 1 aliphatic rings. The van der Waals surface area contributed by atoms with Crippen LogP contribution in [0.2, 0.25) is 5.15 Å². The SMILES string of the molecule is CCc1cc(C(=O)N(CC)CC2CCC2)cc(Cl)n1. The van der Waals surface area contributed by atoms with Gasteiger partial charge in [-0.15, -0.1) is 0 Å². The van der Waals surface area contributed by atoms with Crippen molar-refractivity contribution in [2.75, 3.05) is 13.1 Å². The molecule has 1 saturated carbocycles. The van der Waals surface area contributed by atoms with Crippen LogP contribution in [0, 0.1) is 5.92 Å². The Morgan fingerprint density at radius 2 is 2.16 bits per heavy atom. The number of nitrogens with zero attached hydrogens (tertiary/aromatic N) is 2. The summed E-state index contributed by atoms with van der Waals surface area (Å²) in [7, 11) is 0. The quantitative estimate of drug-likeness (QED) is 0.773. The van der Waals surface area contributed by atoms with Crippen molar-refractivity contribution >= 4 is 17.5 Å². The lowest BCUT2D eigenvalue weighted by Gasteiger charge is -2.31. The second kappa shape index (κ2) is 6.38. The van der Waals surface area contributed by atoms with Gasteiger partial charge in [0.05, 0.1) is 0 Å². The van der Waals surface area contributed by atoms with Gasteiger partial charge in [-0.1, -0.05) is 24.9 Å². The zero-order valence-electron chi connectivity index (χ0n) is 11.7. The fourth-order valence-electron chi connectivity index (χ4n) is 2.38. The Labute approximate surface area is 120 Å². The van der Waals surface area contributed by atoms with E-state index in [1.165, 1.54) is 19.3 Å². The van der Waals surface area contributed by atoms with E-state index in [-0.39, 0.29) is 5.91 Å². The molecule has 19 heavy (non-hydrogen) atoms. The summed E-state index contributed by atoms with van der Waals surface area (Å²) in [6.45, 7) is 5.66. The van der Waals surface area contributed by atoms with Gasteiger partial charge in [-0.3, -0.25) is 4.79 Å². The van der Waals surface area contributed by atoms with Gasteiger partial charge in [-0.25, -0.2) is 4.98 Å². The van der Waals surface area contributed by atoms with Gasteiger partial charge < -0.3 is 4.90 Å². The zero-order valence-corrected chi connectivity index (χ0v) is 12.4. The molecular formula is C15H21ClN2O. The molecule has 3 nitrogen and oxygen atoms in total. The maximum absolute atomic E-state index is 12.5. The molecule has 0 saturated heterocycles. The molecule has 1 aliphatic carbocycles. The van der Waals surface area contributed by atoms with Gasteiger partial charge in [0.2, 0.25) is 0 Å². The van der Waals surface area contributed by atoms with Crippen LogP contribution < -0.4 is 0 Å². The average molecular weight is 281 g/mol. The third kappa shape index (κ3) is 3.47. The van der Waals surface area contributed by atoms with E-state index < -0.39 is 0 Å². The Bertz CT molecular complexity index is 457. The number of pyridine rings is 1.